The van der Waals surface area contributed by atoms with Gasteiger partial charge in [0.05, 0.1) is 18.4 Å². The van der Waals surface area contributed by atoms with E-state index in [1.54, 1.807) is 7.11 Å². The van der Waals surface area contributed by atoms with Crippen molar-refractivity contribution in [2.75, 3.05) is 49.7 Å². The maximum Gasteiger partial charge on any atom is 0.255 e. The van der Waals surface area contributed by atoms with Crippen molar-refractivity contribution < 1.29 is 9.84 Å². The normalized spacial score (nSPS) is 20.6. The number of aromatic amines is 1. The second-order valence-electron chi connectivity index (χ2n) is 9.30. The topological polar surface area (TPSA) is 81.7 Å². The van der Waals surface area contributed by atoms with E-state index in [4.69, 9.17) is 9.72 Å². The number of methoxy groups -OCH3 is 1. The fourth-order valence-corrected chi connectivity index (χ4v) is 5.71. The molecule has 166 valence electrons. The molecule has 1 atom stereocenters. The lowest BCUT2D eigenvalue weighted by Gasteiger charge is -2.40. The Morgan fingerprint density at radius 1 is 1.23 bits per heavy atom. The zero-order valence-electron chi connectivity index (χ0n) is 18.3. The van der Waals surface area contributed by atoms with Crippen molar-refractivity contribution in [2.45, 2.75) is 50.0 Å². The molecule has 3 heterocycles. The summed E-state index contributed by atoms with van der Waals surface area (Å²) < 4.78 is 5.13. The predicted molar refractivity (Wildman–Crippen MR) is 121 cm³/mol. The van der Waals surface area contributed by atoms with Crippen molar-refractivity contribution in [3.8, 4) is 0 Å². The summed E-state index contributed by atoms with van der Waals surface area (Å²) >= 11 is 0. The number of para-hydroxylation sites is 1. The summed E-state index contributed by atoms with van der Waals surface area (Å²) in [6.07, 6.45) is 5.46. The number of piperidine rings is 1. The minimum absolute atomic E-state index is 0.0458. The number of H-pyrrole nitrogens is 1. The summed E-state index contributed by atoms with van der Waals surface area (Å²) in [5, 5.41) is 10.3. The lowest BCUT2D eigenvalue weighted by molar-refractivity contribution is 0.0685. The first-order valence-electron chi connectivity index (χ1n) is 11.5. The molecule has 1 aromatic heterocycles. The second-order valence-corrected chi connectivity index (χ2v) is 9.30. The van der Waals surface area contributed by atoms with E-state index in [1.165, 1.54) is 11.3 Å². The van der Waals surface area contributed by atoms with E-state index >= 15 is 0 Å². The third-order valence-corrected chi connectivity index (χ3v) is 7.30. The van der Waals surface area contributed by atoms with Crippen molar-refractivity contribution >= 4 is 11.6 Å². The van der Waals surface area contributed by atoms with Gasteiger partial charge in [0.1, 0.15) is 0 Å². The van der Waals surface area contributed by atoms with Crippen LogP contribution in [0.4, 0.5) is 11.6 Å². The standard InChI is InChI=1S/C24H32N4O3/c1-31-15-17(29)14-28-16-24(19-7-3-5-9-21(19)28)10-12-27(13-11-24)23-25-20-8-4-2-6-18(20)22(30)26-23/h3,5,7,9,17,29H,2,4,6,8,10-16H2,1H3,(H,25,26,30). The van der Waals surface area contributed by atoms with E-state index in [1.807, 2.05) is 0 Å². The van der Waals surface area contributed by atoms with Gasteiger partial charge in [0.2, 0.25) is 5.95 Å². The molecule has 1 aromatic carbocycles. The molecule has 2 N–H and O–H groups in total. The van der Waals surface area contributed by atoms with E-state index < -0.39 is 6.10 Å². The molecule has 2 aromatic rings. The van der Waals surface area contributed by atoms with Crippen molar-refractivity contribution in [1.29, 1.82) is 0 Å². The second kappa shape index (κ2) is 8.28. The average molecular weight is 425 g/mol. The molecule has 1 aliphatic carbocycles. The Morgan fingerprint density at radius 3 is 2.81 bits per heavy atom. The van der Waals surface area contributed by atoms with Gasteiger partial charge in [-0.1, -0.05) is 18.2 Å². The van der Waals surface area contributed by atoms with E-state index in [9.17, 15) is 9.90 Å². The van der Waals surface area contributed by atoms with Crippen molar-refractivity contribution in [2.24, 2.45) is 0 Å². The fourth-order valence-electron chi connectivity index (χ4n) is 5.71. The van der Waals surface area contributed by atoms with Crippen LogP contribution in [0.2, 0.25) is 0 Å². The first kappa shape index (κ1) is 20.5. The Kier molecular flexibility index (Phi) is 5.48. The number of nitrogens with zero attached hydrogens (tertiary/aromatic N) is 3. The number of anilines is 2. The highest BCUT2D eigenvalue weighted by Crippen LogP contribution is 2.47. The number of aliphatic hydroxyl groups is 1. The Bertz CT molecular complexity index is 997. The molecule has 5 rings (SSSR count). The summed E-state index contributed by atoms with van der Waals surface area (Å²) in [5.74, 6) is 0.735. The number of hydrogen-bond donors (Lipinski definition) is 2. The maximum absolute atomic E-state index is 12.6. The monoisotopic (exact) mass is 424 g/mol. The van der Waals surface area contributed by atoms with Gasteiger partial charge in [-0.15, -0.1) is 0 Å². The minimum Gasteiger partial charge on any atom is -0.389 e. The summed E-state index contributed by atoms with van der Waals surface area (Å²) in [5.41, 5.74) is 4.62. The number of aryl methyl sites for hydroxylation is 1. The van der Waals surface area contributed by atoms with Gasteiger partial charge in [-0.25, -0.2) is 4.98 Å². The molecule has 7 heteroatoms. The molecule has 0 radical (unpaired) electrons. The highest BCUT2D eigenvalue weighted by molar-refractivity contribution is 5.63. The largest absolute Gasteiger partial charge is 0.389 e. The van der Waals surface area contributed by atoms with Gasteiger partial charge in [-0.2, -0.15) is 0 Å². The van der Waals surface area contributed by atoms with E-state index in [0.717, 1.165) is 75.4 Å². The molecule has 1 saturated heterocycles. The average Bonchev–Trinajstić information content (AvgIpc) is 3.07. The Morgan fingerprint density at radius 2 is 2.00 bits per heavy atom. The van der Waals surface area contributed by atoms with Crippen LogP contribution in [0.15, 0.2) is 29.1 Å². The summed E-state index contributed by atoms with van der Waals surface area (Å²) in [6.45, 7) is 3.57. The molecule has 0 amide bonds. The zero-order valence-corrected chi connectivity index (χ0v) is 18.3. The van der Waals surface area contributed by atoms with Crippen LogP contribution in [-0.2, 0) is 23.0 Å². The number of fused-ring (bicyclic) bond motifs is 3. The molecule has 0 bridgehead atoms. The van der Waals surface area contributed by atoms with Gasteiger partial charge in [0.25, 0.3) is 5.56 Å². The van der Waals surface area contributed by atoms with Crippen LogP contribution >= 0.6 is 0 Å². The number of hydrogen-bond acceptors (Lipinski definition) is 6. The molecule has 1 fully saturated rings. The van der Waals surface area contributed by atoms with Crippen LogP contribution in [0.5, 0.6) is 0 Å². The highest BCUT2D eigenvalue weighted by atomic mass is 16.5. The van der Waals surface area contributed by atoms with Crippen LogP contribution in [0.25, 0.3) is 0 Å². The van der Waals surface area contributed by atoms with Crippen LogP contribution in [0.1, 0.15) is 42.5 Å². The van der Waals surface area contributed by atoms with Crippen molar-refractivity contribution in [1.82, 2.24) is 9.97 Å². The third-order valence-electron chi connectivity index (χ3n) is 7.30. The number of β-amino-alcohol motifs (C(OH)–C–C–N with tert-alkyl or cyclic N) is 1. The van der Waals surface area contributed by atoms with Crippen LogP contribution in [-0.4, -0.2) is 61.1 Å². The number of nitrogens with one attached hydrogen (secondary N) is 1. The maximum atomic E-state index is 12.6. The zero-order chi connectivity index (χ0) is 21.4. The fraction of sp³-hybridized carbons (Fsp3) is 0.583. The third kappa shape index (κ3) is 3.74. The number of benzene rings is 1. The number of aromatic nitrogens is 2. The molecular weight excluding hydrogens is 392 g/mol. The first-order valence-corrected chi connectivity index (χ1v) is 11.5. The molecule has 1 spiro atoms. The Labute approximate surface area is 183 Å². The van der Waals surface area contributed by atoms with Crippen molar-refractivity contribution in [3.63, 3.8) is 0 Å². The highest BCUT2D eigenvalue weighted by Gasteiger charge is 2.45. The summed E-state index contributed by atoms with van der Waals surface area (Å²) in [6, 6.07) is 8.60. The lowest BCUT2D eigenvalue weighted by atomic mass is 9.74. The molecular formula is C24H32N4O3. The van der Waals surface area contributed by atoms with Gasteiger partial charge < -0.3 is 19.6 Å². The smallest absolute Gasteiger partial charge is 0.255 e. The first-order chi connectivity index (χ1) is 15.1. The predicted octanol–water partition coefficient (Wildman–Crippen LogP) is 2.01. The van der Waals surface area contributed by atoms with Gasteiger partial charge in [-0.05, 0) is 50.2 Å². The Hall–Kier alpha value is -2.38. The molecule has 2 aliphatic heterocycles. The SMILES string of the molecule is COCC(O)CN1CC2(CCN(c3nc4c(c(=O)[nH]3)CCCC4)CC2)c2ccccc21. The molecule has 0 saturated carbocycles. The summed E-state index contributed by atoms with van der Waals surface area (Å²) in [4.78, 5) is 25.0. The quantitative estimate of drug-likeness (QED) is 0.764. The molecule has 1 unspecified atom stereocenters. The van der Waals surface area contributed by atoms with Gasteiger partial charge in [0, 0.05) is 50.0 Å². The van der Waals surface area contributed by atoms with Crippen molar-refractivity contribution in [3.05, 3.63) is 51.4 Å². The molecule has 31 heavy (non-hydrogen) atoms. The van der Waals surface area contributed by atoms with Gasteiger partial charge in [0.15, 0.2) is 0 Å². The number of rotatable bonds is 5. The number of ether oxygens (including phenoxy) is 1. The lowest BCUT2D eigenvalue weighted by Crippen LogP contribution is -2.47. The van der Waals surface area contributed by atoms with Gasteiger partial charge >= 0.3 is 0 Å². The van der Waals surface area contributed by atoms with E-state index in [0.29, 0.717) is 13.2 Å². The van der Waals surface area contributed by atoms with E-state index in [2.05, 4.69) is 39.0 Å². The molecule has 7 nitrogen and oxygen atoms in total. The number of aliphatic hydroxyl groups excluding tert-OH is 1. The van der Waals surface area contributed by atoms with E-state index in [-0.39, 0.29) is 11.0 Å². The van der Waals surface area contributed by atoms with Crippen LogP contribution < -0.4 is 15.4 Å². The minimum atomic E-state index is -0.502. The Balaban J connectivity index is 1.35. The van der Waals surface area contributed by atoms with Crippen LogP contribution in [0.3, 0.4) is 0 Å². The summed E-state index contributed by atoms with van der Waals surface area (Å²) in [7, 11) is 1.62. The van der Waals surface area contributed by atoms with Gasteiger partial charge in [-0.3, -0.25) is 9.78 Å². The van der Waals surface area contributed by atoms with Crippen LogP contribution in [0, 0.1) is 0 Å². The molecule has 3 aliphatic rings.